The molecule has 0 radical (unpaired) electrons. The van der Waals surface area contributed by atoms with Gasteiger partial charge < -0.3 is 10.2 Å². The average Bonchev–Trinajstić information content (AvgIpc) is 2.90. The van der Waals surface area contributed by atoms with Gasteiger partial charge in [0.1, 0.15) is 12.6 Å². The van der Waals surface area contributed by atoms with Gasteiger partial charge in [-0.25, -0.2) is 8.42 Å². The van der Waals surface area contributed by atoms with Crippen LogP contribution in [0.25, 0.3) is 0 Å². The molecule has 0 fully saturated rings. The smallest absolute Gasteiger partial charge is 0.264 e. The van der Waals surface area contributed by atoms with E-state index in [1.54, 1.807) is 79.7 Å². The molecular formula is C27H30ClN3O4S. The molecule has 0 aliphatic carbocycles. The quantitative estimate of drug-likeness (QED) is 0.398. The van der Waals surface area contributed by atoms with Crippen molar-refractivity contribution in [3.05, 3.63) is 95.5 Å². The lowest BCUT2D eigenvalue weighted by molar-refractivity contribution is -0.139. The number of rotatable bonds is 11. The van der Waals surface area contributed by atoms with E-state index in [0.29, 0.717) is 22.8 Å². The molecule has 3 aromatic rings. The van der Waals surface area contributed by atoms with Gasteiger partial charge in [0.15, 0.2) is 0 Å². The molecule has 0 spiro atoms. The van der Waals surface area contributed by atoms with Crippen LogP contribution in [0.2, 0.25) is 5.02 Å². The number of nitrogens with zero attached hydrogens (tertiary/aromatic N) is 2. The number of hydrogen-bond donors (Lipinski definition) is 1. The maximum absolute atomic E-state index is 13.7. The molecule has 0 aliphatic heterocycles. The molecule has 1 atom stereocenters. The fourth-order valence-corrected chi connectivity index (χ4v) is 5.26. The van der Waals surface area contributed by atoms with E-state index in [9.17, 15) is 18.0 Å². The van der Waals surface area contributed by atoms with Crippen molar-refractivity contribution in [1.29, 1.82) is 0 Å². The minimum absolute atomic E-state index is 0.0488. The fourth-order valence-electron chi connectivity index (χ4n) is 3.63. The molecule has 1 N–H and O–H groups in total. The van der Waals surface area contributed by atoms with E-state index >= 15 is 0 Å². The largest absolute Gasteiger partial charge is 0.354 e. The predicted octanol–water partition coefficient (Wildman–Crippen LogP) is 4.48. The van der Waals surface area contributed by atoms with Gasteiger partial charge in [0, 0.05) is 18.1 Å². The Bertz CT molecular complexity index is 1270. The van der Waals surface area contributed by atoms with Crippen LogP contribution < -0.4 is 9.62 Å². The normalized spacial score (nSPS) is 12.0. The molecule has 9 heteroatoms. The van der Waals surface area contributed by atoms with Crippen LogP contribution in [0.1, 0.15) is 25.8 Å². The van der Waals surface area contributed by atoms with Gasteiger partial charge in [-0.05, 0) is 49.2 Å². The van der Waals surface area contributed by atoms with Crippen molar-refractivity contribution in [3.8, 4) is 0 Å². The molecule has 0 saturated carbocycles. The number of para-hydroxylation sites is 1. The topological polar surface area (TPSA) is 86.8 Å². The fraction of sp³-hybridized carbons (Fsp3) is 0.259. The van der Waals surface area contributed by atoms with Gasteiger partial charge >= 0.3 is 0 Å². The number of benzene rings is 3. The van der Waals surface area contributed by atoms with E-state index in [0.717, 1.165) is 10.7 Å². The Hall–Kier alpha value is -3.36. The number of carbonyl (C=O) groups is 2. The first-order valence-electron chi connectivity index (χ1n) is 11.7. The standard InChI is InChI=1S/C27H30ClN3O4S/c1-3-18-29-27(33)21(2)30(19-22-12-10-11-17-25(22)28)26(32)20-31(23-13-6-4-7-14-23)36(34,35)24-15-8-5-9-16-24/h4-17,21H,3,18-20H2,1-2H3,(H,29,33)/t21-/m1/s1. The molecule has 7 nitrogen and oxygen atoms in total. The summed E-state index contributed by atoms with van der Waals surface area (Å²) in [5, 5.41) is 3.26. The lowest BCUT2D eigenvalue weighted by Gasteiger charge is -2.32. The third-order valence-electron chi connectivity index (χ3n) is 5.67. The van der Waals surface area contributed by atoms with E-state index in [4.69, 9.17) is 11.6 Å². The van der Waals surface area contributed by atoms with Crippen LogP contribution in [0, 0.1) is 0 Å². The van der Waals surface area contributed by atoms with Crippen LogP contribution in [-0.2, 0) is 26.2 Å². The second kappa shape index (κ2) is 12.6. The highest BCUT2D eigenvalue weighted by Gasteiger charge is 2.32. The maximum Gasteiger partial charge on any atom is 0.264 e. The molecule has 190 valence electrons. The minimum Gasteiger partial charge on any atom is -0.354 e. The molecule has 0 aromatic heterocycles. The van der Waals surface area contributed by atoms with Crippen LogP contribution >= 0.6 is 11.6 Å². The molecule has 0 saturated heterocycles. The number of anilines is 1. The van der Waals surface area contributed by atoms with Gasteiger partial charge in [-0.1, -0.05) is 73.1 Å². The summed E-state index contributed by atoms with van der Waals surface area (Å²) < 4.78 is 28.3. The number of sulfonamides is 1. The first-order chi connectivity index (χ1) is 17.3. The summed E-state index contributed by atoms with van der Waals surface area (Å²) in [6, 6.07) is 22.6. The summed E-state index contributed by atoms with van der Waals surface area (Å²) in [6.45, 7) is 3.59. The summed E-state index contributed by atoms with van der Waals surface area (Å²) in [6.07, 6.45) is 0.744. The van der Waals surface area contributed by atoms with Gasteiger partial charge in [-0.2, -0.15) is 0 Å². The van der Waals surface area contributed by atoms with E-state index < -0.39 is 28.5 Å². The zero-order valence-corrected chi connectivity index (χ0v) is 21.9. The third kappa shape index (κ3) is 6.65. The zero-order valence-electron chi connectivity index (χ0n) is 20.3. The van der Waals surface area contributed by atoms with Crippen molar-refractivity contribution < 1.29 is 18.0 Å². The Morgan fingerprint density at radius 2 is 1.50 bits per heavy atom. The van der Waals surface area contributed by atoms with E-state index in [1.165, 1.54) is 17.0 Å². The van der Waals surface area contributed by atoms with Crippen LogP contribution in [0.3, 0.4) is 0 Å². The van der Waals surface area contributed by atoms with Crippen molar-refractivity contribution in [2.24, 2.45) is 0 Å². The Kier molecular flexibility index (Phi) is 9.50. The lowest BCUT2D eigenvalue weighted by Crippen LogP contribution is -2.51. The van der Waals surface area contributed by atoms with Gasteiger partial charge in [0.2, 0.25) is 11.8 Å². The molecule has 3 rings (SSSR count). The monoisotopic (exact) mass is 527 g/mol. The molecule has 0 unspecified atom stereocenters. The van der Waals surface area contributed by atoms with Crippen molar-refractivity contribution in [2.75, 3.05) is 17.4 Å². The second-order valence-corrected chi connectivity index (χ2v) is 10.5. The van der Waals surface area contributed by atoms with Crippen LogP contribution in [-0.4, -0.2) is 44.3 Å². The summed E-state index contributed by atoms with van der Waals surface area (Å²) >= 11 is 6.35. The highest BCUT2D eigenvalue weighted by Crippen LogP contribution is 2.25. The number of amides is 2. The number of carbonyl (C=O) groups excluding carboxylic acids is 2. The van der Waals surface area contributed by atoms with Crippen LogP contribution in [0.4, 0.5) is 5.69 Å². The number of halogens is 1. The number of nitrogens with one attached hydrogen (secondary N) is 1. The van der Waals surface area contributed by atoms with Crippen molar-refractivity contribution in [2.45, 2.75) is 37.8 Å². The second-order valence-electron chi connectivity index (χ2n) is 8.24. The van der Waals surface area contributed by atoms with Crippen molar-refractivity contribution in [1.82, 2.24) is 10.2 Å². The van der Waals surface area contributed by atoms with E-state index in [-0.39, 0.29) is 17.3 Å². The summed E-state index contributed by atoms with van der Waals surface area (Å²) in [4.78, 5) is 28.0. The highest BCUT2D eigenvalue weighted by molar-refractivity contribution is 7.92. The lowest BCUT2D eigenvalue weighted by atomic mass is 10.1. The summed E-state index contributed by atoms with van der Waals surface area (Å²) in [5.74, 6) is -0.855. The molecule has 0 bridgehead atoms. The first-order valence-corrected chi connectivity index (χ1v) is 13.5. The SMILES string of the molecule is CCCNC(=O)[C@@H](C)N(Cc1ccccc1Cl)C(=O)CN(c1ccccc1)S(=O)(=O)c1ccccc1. The van der Waals surface area contributed by atoms with Crippen molar-refractivity contribution in [3.63, 3.8) is 0 Å². The van der Waals surface area contributed by atoms with Gasteiger partial charge in [0.05, 0.1) is 10.6 Å². The molecular weight excluding hydrogens is 498 g/mol. The van der Waals surface area contributed by atoms with Crippen molar-refractivity contribution >= 4 is 39.1 Å². The van der Waals surface area contributed by atoms with E-state index in [2.05, 4.69) is 5.32 Å². The predicted molar refractivity (Wildman–Crippen MR) is 142 cm³/mol. The van der Waals surface area contributed by atoms with E-state index in [1.807, 2.05) is 6.92 Å². The van der Waals surface area contributed by atoms with Gasteiger partial charge in [0.25, 0.3) is 10.0 Å². The highest BCUT2D eigenvalue weighted by atomic mass is 35.5. The Labute approximate surface area is 217 Å². The molecule has 2 amide bonds. The average molecular weight is 528 g/mol. The molecule has 3 aromatic carbocycles. The number of hydrogen-bond acceptors (Lipinski definition) is 4. The minimum atomic E-state index is -4.06. The van der Waals surface area contributed by atoms with Crippen LogP contribution in [0.5, 0.6) is 0 Å². The zero-order chi connectivity index (χ0) is 26.1. The van der Waals surface area contributed by atoms with Gasteiger partial charge in [-0.15, -0.1) is 0 Å². The summed E-state index contributed by atoms with van der Waals surface area (Å²) in [7, 11) is -4.06. The molecule has 36 heavy (non-hydrogen) atoms. The summed E-state index contributed by atoms with van der Waals surface area (Å²) in [5.41, 5.74) is 0.996. The molecule has 0 aliphatic rings. The van der Waals surface area contributed by atoms with Gasteiger partial charge in [-0.3, -0.25) is 13.9 Å². The maximum atomic E-state index is 13.7. The first kappa shape index (κ1) is 27.2. The molecule has 0 heterocycles. The van der Waals surface area contributed by atoms with Crippen LogP contribution in [0.15, 0.2) is 89.8 Å². The Morgan fingerprint density at radius 1 is 0.917 bits per heavy atom. The third-order valence-corrected chi connectivity index (χ3v) is 7.83. The Morgan fingerprint density at radius 3 is 2.11 bits per heavy atom. The Balaban J connectivity index is 1.99.